The van der Waals surface area contributed by atoms with Crippen molar-refractivity contribution in [2.75, 3.05) is 0 Å². The van der Waals surface area contributed by atoms with Gasteiger partial charge in [-0.25, -0.2) is 9.59 Å². The summed E-state index contributed by atoms with van der Waals surface area (Å²) in [5.41, 5.74) is 1.04. The number of ether oxygens (including phenoxy) is 2. The van der Waals surface area contributed by atoms with Crippen LogP contribution in [-0.4, -0.2) is 35.7 Å². The predicted molar refractivity (Wildman–Crippen MR) is 131 cm³/mol. The third-order valence-corrected chi connectivity index (χ3v) is 4.82. The third-order valence-electron chi connectivity index (χ3n) is 4.82. The first kappa shape index (κ1) is 26.9. The standard InChI is InChI=1S/C27H36N2O5/c1-19(2)16-22(29-26(32)34-27(3,4)5)24(30)28-23(17-20-12-8-6-9-13-20)25(31)33-18-21-14-10-7-11-15-21/h6-15,19,22-23H,16-18H2,1-5H3,(H,28,30)(H,29,32)/t22-,23-/m0/s1. The first-order chi connectivity index (χ1) is 16.0. The molecule has 0 aliphatic carbocycles. The summed E-state index contributed by atoms with van der Waals surface area (Å²) in [5, 5.41) is 5.44. The fraction of sp³-hybridized carbons (Fsp3) is 0.444. The molecular weight excluding hydrogens is 432 g/mol. The highest BCUT2D eigenvalue weighted by atomic mass is 16.6. The van der Waals surface area contributed by atoms with Crippen molar-refractivity contribution in [3.8, 4) is 0 Å². The first-order valence-electron chi connectivity index (χ1n) is 11.6. The number of nitrogens with one attached hydrogen (secondary N) is 2. The molecule has 0 heterocycles. The molecular formula is C27H36N2O5. The zero-order valence-corrected chi connectivity index (χ0v) is 20.7. The molecule has 7 heteroatoms. The molecule has 0 saturated heterocycles. The lowest BCUT2D eigenvalue weighted by Crippen LogP contribution is -2.53. The second kappa shape index (κ2) is 12.8. The van der Waals surface area contributed by atoms with E-state index in [-0.39, 0.29) is 18.9 Å². The maximum Gasteiger partial charge on any atom is 0.408 e. The van der Waals surface area contributed by atoms with Gasteiger partial charge < -0.3 is 20.1 Å². The molecule has 0 unspecified atom stereocenters. The van der Waals surface area contributed by atoms with E-state index in [2.05, 4.69) is 10.6 Å². The average molecular weight is 469 g/mol. The van der Waals surface area contributed by atoms with Crippen LogP contribution in [0.25, 0.3) is 0 Å². The van der Waals surface area contributed by atoms with Gasteiger partial charge in [0.1, 0.15) is 24.3 Å². The summed E-state index contributed by atoms with van der Waals surface area (Å²) in [6, 6.07) is 17.0. The van der Waals surface area contributed by atoms with E-state index in [1.54, 1.807) is 20.8 Å². The Labute approximate surface area is 202 Å². The van der Waals surface area contributed by atoms with Gasteiger partial charge in [-0.05, 0) is 44.2 Å². The number of hydrogen-bond donors (Lipinski definition) is 2. The Morgan fingerprint density at radius 1 is 0.824 bits per heavy atom. The number of carbonyl (C=O) groups excluding carboxylic acids is 3. The Hall–Kier alpha value is -3.35. The summed E-state index contributed by atoms with van der Waals surface area (Å²) in [6.07, 6.45) is -0.0250. The lowest BCUT2D eigenvalue weighted by atomic mass is 10.0. The van der Waals surface area contributed by atoms with Gasteiger partial charge in [0.15, 0.2) is 0 Å². The largest absolute Gasteiger partial charge is 0.459 e. The zero-order chi connectivity index (χ0) is 25.1. The third kappa shape index (κ3) is 10.1. The van der Waals surface area contributed by atoms with Crippen LogP contribution in [0.15, 0.2) is 60.7 Å². The summed E-state index contributed by atoms with van der Waals surface area (Å²) >= 11 is 0. The number of hydrogen-bond acceptors (Lipinski definition) is 5. The second-order valence-electron chi connectivity index (χ2n) is 9.67. The normalized spacial score (nSPS) is 13.0. The summed E-state index contributed by atoms with van der Waals surface area (Å²) in [5.74, 6) is -0.873. The molecule has 0 aliphatic rings. The molecule has 2 rings (SSSR count). The molecule has 0 spiro atoms. The lowest BCUT2D eigenvalue weighted by molar-refractivity contribution is -0.149. The topological polar surface area (TPSA) is 93.7 Å². The van der Waals surface area contributed by atoms with Crippen LogP contribution in [0, 0.1) is 5.92 Å². The van der Waals surface area contributed by atoms with Crippen LogP contribution >= 0.6 is 0 Å². The highest BCUT2D eigenvalue weighted by Crippen LogP contribution is 2.12. The minimum Gasteiger partial charge on any atom is -0.459 e. The minimum absolute atomic E-state index is 0.104. The monoisotopic (exact) mass is 468 g/mol. The Morgan fingerprint density at radius 2 is 1.38 bits per heavy atom. The number of esters is 1. The van der Waals surface area contributed by atoms with Crippen molar-refractivity contribution in [3.63, 3.8) is 0 Å². The van der Waals surface area contributed by atoms with E-state index in [1.807, 2.05) is 74.5 Å². The smallest absolute Gasteiger partial charge is 0.408 e. The van der Waals surface area contributed by atoms with Crippen LogP contribution in [-0.2, 0) is 32.1 Å². The highest BCUT2D eigenvalue weighted by Gasteiger charge is 2.29. The average Bonchev–Trinajstić information content (AvgIpc) is 2.76. The van der Waals surface area contributed by atoms with Gasteiger partial charge in [-0.2, -0.15) is 0 Å². The molecule has 0 bridgehead atoms. The molecule has 7 nitrogen and oxygen atoms in total. The molecule has 2 amide bonds. The van der Waals surface area contributed by atoms with E-state index in [0.717, 1.165) is 11.1 Å². The molecule has 2 aromatic carbocycles. The van der Waals surface area contributed by atoms with Crippen molar-refractivity contribution < 1.29 is 23.9 Å². The minimum atomic E-state index is -0.909. The number of amides is 2. The van der Waals surface area contributed by atoms with Gasteiger partial charge in [0.05, 0.1) is 0 Å². The molecule has 0 saturated carbocycles. The molecule has 0 aliphatic heterocycles. The number of alkyl carbamates (subject to hydrolysis) is 1. The van der Waals surface area contributed by atoms with Crippen molar-refractivity contribution in [2.24, 2.45) is 5.92 Å². The fourth-order valence-corrected chi connectivity index (χ4v) is 3.30. The predicted octanol–water partition coefficient (Wildman–Crippen LogP) is 4.40. The fourth-order valence-electron chi connectivity index (χ4n) is 3.30. The van der Waals surface area contributed by atoms with Gasteiger partial charge in [0.25, 0.3) is 0 Å². The van der Waals surface area contributed by atoms with Crippen molar-refractivity contribution in [1.82, 2.24) is 10.6 Å². The van der Waals surface area contributed by atoms with Gasteiger partial charge in [-0.1, -0.05) is 74.5 Å². The molecule has 0 radical (unpaired) electrons. The first-order valence-corrected chi connectivity index (χ1v) is 11.6. The maximum atomic E-state index is 13.2. The highest BCUT2D eigenvalue weighted by molar-refractivity contribution is 5.89. The number of carbonyl (C=O) groups is 3. The van der Waals surface area contributed by atoms with Gasteiger partial charge >= 0.3 is 12.1 Å². The Kier molecular flexibility index (Phi) is 10.1. The van der Waals surface area contributed by atoms with Gasteiger partial charge in [0, 0.05) is 6.42 Å². The zero-order valence-electron chi connectivity index (χ0n) is 20.7. The Morgan fingerprint density at radius 3 is 1.91 bits per heavy atom. The van der Waals surface area contributed by atoms with Crippen molar-refractivity contribution in [2.45, 2.75) is 71.8 Å². The van der Waals surface area contributed by atoms with E-state index >= 15 is 0 Å². The molecule has 0 fully saturated rings. The number of benzene rings is 2. The number of rotatable bonds is 10. The van der Waals surface area contributed by atoms with Gasteiger partial charge in [0.2, 0.25) is 5.91 Å². The molecule has 2 aromatic rings. The molecule has 2 atom stereocenters. The second-order valence-corrected chi connectivity index (χ2v) is 9.67. The molecule has 34 heavy (non-hydrogen) atoms. The molecule has 184 valence electrons. The van der Waals surface area contributed by atoms with Crippen molar-refractivity contribution in [3.05, 3.63) is 71.8 Å². The summed E-state index contributed by atoms with van der Waals surface area (Å²) in [6.45, 7) is 9.26. The Bertz CT molecular complexity index is 923. The van der Waals surface area contributed by atoms with Crippen LogP contribution < -0.4 is 10.6 Å². The van der Waals surface area contributed by atoms with Crippen molar-refractivity contribution >= 4 is 18.0 Å². The van der Waals surface area contributed by atoms with Gasteiger partial charge in [-0.3, -0.25) is 4.79 Å². The van der Waals surface area contributed by atoms with Crippen LogP contribution in [0.1, 0.15) is 52.2 Å². The van der Waals surface area contributed by atoms with Gasteiger partial charge in [-0.15, -0.1) is 0 Å². The summed E-state index contributed by atoms with van der Waals surface area (Å²) in [4.78, 5) is 38.5. The van der Waals surface area contributed by atoms with Crippen LogP contribution in [0.4, 0.5) is 4.79 Å². The van der Waals surface area contributed by atoms with E-state index in [0.29, 0.717) is 6.42 Å². The summed E-state index contributed by atoms with van der Waals surface area (Å²) in [7, 11) is 0. The van der Waals surface area contributed by atoms with E-state index in [1.165, 1.54) is 0 Å². The molecule has 0 aromatic heterocycles. The maximum absolute atomic E-state index is 13.2. The quantitative estimate of drug-likeness (QED) is 0.504. The van der Waals surface area contributed by atoms with E-state index in [4.69, 9.17) is 9.47 Å². The van der Waals surface area contributed by atoms with E-state index < -0.39 is 35.7 Å². The Balaban J connectivity index is 2.14. The SMILES string of the molecule is CC(C)C[C@H](NC(=O)OC(C)(C)C)C(=O)N[C@@H](Cc1ccccc1)C(=O)OCc1ccccc1. The van der Waals surface area contributed by atoms with Crippen LogP contribution in [0.3, 0.4) is 0 Å². The summed E-state index contributed by atoms with van der Waals surface area (Å²) < 4.78 is 10.8. The van der Waals surface area contributed by atoms with Crippen LogP contribution in [0.5, 0.6) is 0 Å². The van der Waals surface area contributed by atoms with Crippen LogP contribution in [0.2, 0.25) is 0 Å². The molecule has 2 N–H and O–H groups in total. The lowest BCUT2D eigenvalue weighted by Gasteiger charge is -2.26. The van der Waals surface area contributed by atoms with Crippen molar-refractivity contribution in [1.29, 1.82) is 0 Å². The van der Waals surface area contributed by atoms with E-state index in [9.17, 15) is 14.4 Å².